The van der Waals surface area contributed by atoms with E-state index < -0.39 is 0 Å². The van der Waals surface area contributed by atoms with Gasteiger partial charge in [0.1, 0.15) is 12.4 Å². The van der Waals surface area contributed by atoms with E-state index in [4.69, 9.17) is 16.3 Å². The molecule has 7 heteroatoms. The Morgan fingerprint density at radius 1 is 1.07 bits per heavy atom. The minimum Gasteiger partial charge on any atom is -0.492 e. The summed E-state index contributed by atoms with van der Waals surface area (Å²) >= 11 is 5.84. The molecule has 3 amide bonds. The van der Waals surface area contributed by atoms with E-state index in [0.29, 0.717) is 35.2 Å². The fourth-order valence-corrected chi connectivity index (χ4v) is 3.08. The van der Waals surface area contributed by atoms with E-state index in [0.717, 1.165) is 25.9 Å². The highest BCUT2D eigenvalue weighted by Gasteiger charge is 2.19. The lowest BCUT2D eigenvalue weighted by atomic mass is 10.2. The van der Waals surface area contributed by atoms with E-state index in [9.17, 15) is 9.59 Å². The van der Waals surface area contributed by atoms with Crippen molar-refractivity contribution in [1.29, 1.82) is 0 Å². The van der Waals surface area contributed by atoms with Crippen molar-refractivity contribution in [3.63, 3.8) is 0 Å². The van der Waals surface area contributed by atoms with Gasteiger partial charge < -0.3 is 19.9 Å². The molecule has 3 rings (SSSR count). The van der Waals surface area contributed by atoms with Crippen molar-refractivity contribution in [1.82, 2.24) is 9.80 Å². The molecule has 2 aromatic carbocycles. The second-order valence-electron chi connectivity index (χ2n) is 6.73. The quantitative estimate of drug-likeness (QED) is 0.792. The lowest BCUT2D eigenvalue weighted by Crippen LogP contribution is -2.34. The standard InChI is InChI=1S/C21H24ClN3O3/c1-24(14-15-28-19-10-6-17(22)7-11-19)21(27)23-18-8-4-16(5-9-18)20(26)25-12-2-3-13-25/h4-11H,2-3,12-15H2,1H3,(H,23,27). The number of benzene rings is 2. The van der Waals surface area contributed by atoms with Gasteiger partial charge in [0.15, 0.2) is 0 Å². The highest BCUT2D eigenvalue weighted by molar-refractivity contribution is 6.30. The molecule has 1 aliphatic rings. The number of halogens is 1. The van der Waals surface area contributed by atoms with Crippen LogP contribution in [0.2, 0.25) is 5.02 Å². The Labute approximate surface area is 170 Å². The number of anilines is 1. The molecule has 0 unspecified atom stereocenters. The molecule has 1 fully saturated rings. The lowest BCUT2D eigenvalue weighted by molar-refractivity contribution is 0.0793. The molecule has 1 aliphatic heterocycles. The number of carbonyl (C=O) groups is 2. The van der Waals surface area contributed by atoms with Gasteiger partial charge in [-0.3, -0.25) is 4.79 Å². The van der Waals surface area contributed by atoms with Gasteiger partial charge in [-0.05, 0) is 61.4 Å². The predicted molar refractivity (Wildman–Crippen MR) is 110 cm³/mol. The molecule has 1 N–H and O–H groups in total. The Morgan fingerprint density at radius 3 is 2.36 bits per heavy atom. The monoisotopic (exact) mass is 401 g/mol. The molecular formula is C21H24ClN3O3. The van der Waals surface area contributed by atoms with Crippen LogP contribution in [0.1, 0.15) is 23.2 Å². The third kappa shape index (κ3) is 5.39. The summed E-state index contributed by atoms with van der Waals surface area (Å²) in [6.07, 6.45) is 2.13. The number of ether oxygens (including phenoxy) is 1. The molecule has 148 valence electrons. The summed E-state index contributed by atoms with van der Waals surface area (Å²) < 4.78 is 5.60. The summed E-state index contributed by atoms with van der Waals surface area (Å²) in [6, 6.07) is 13.8. The minimum absolute atomic E-state index is 0.0480. The highest BCUT2D eigenvalue weighted by Crippen LogP contribution is 2.17. The van der Waals surface area contributed by atoms with Crippen molar-refractivity contribution in [2.24, 2.45) is 0 Å². The van der Waals surface area contributed by atoms with Crippen LogP contribution in [0.25, 0.3) is 0 Å². The van der Waals surface area contributed by atoms with Gasteiger partial charge in [-0.25, -0.2) is 4.79 Å². The molecule has 0 aromatic heterocycles. The number of likely N-dealkylation sites (N-methyl/N-ethyl adjacent to an activating group) is 1. The van der Waals surface area contributed by atoms with Crippen LogP contribution in [0.15, 0.2) is 48.5 Å². The molecule has 0 atom stereocenters. The van der Waals surface area contributed by atoms with Gasteiger partial charge in [0.25, 0.3) is 5.91 Å². The zero-order valence-corrected chi connectivity index (χ0v) is 16.6. The molecule has 0 radical (unpaired) electrons. The molecule has 0 bridgehead atoms. The summed E-state index contributed by atoms with van der Waals surface area (Å²) in [4.78, 5) is 28.0. The maximum atomic E-state index is 12.4. The first-order valence-electron chi connectivity index (χ1n) is 9.33. The summed E-state index contributed by atoms with van der Waals surface area (Å²) in [5.41, 5.74) is 1.29. The van der Waals surface area contributed by atoms with Crippen LogP contribution in [-0.4, -0.2) is 55.0 Å². The maximum absolute atomic E-state index is 12.4. The first-order chi connectivity index (χ1) is 13.5. The normalized spacial score (nSPS) is 13.3. The third-order valence-corrected chi connectivity index (χ3v) is 4.88. The van der Waals surface area contributed by atoms with Crippen molar-refractivity contribution >= 4 is 29.2 Å². The van der Waals surface area contributed by atoms with Crippen LogP contribution in [0.4, 0.5) is 10.5 Å². The number of rotatable bonds is 6. The first-order valence-corrected chi connectivity index (χ1v) is 9.70. The van der Waals surface area contributed by atoms with Gasteiger partial charge in [-0.15, -0.1) is 0 Å². The molecular weight excluding hydrogens is 378 g/mol. The lowest BCUT2D eigenvalue weighted by Gasteiger charge is -2.19. The Hall–Kier alpha value is -2.73. The van der Waals surface area contributed by atoms with Crippen LogP contribution in [0.3, 0.4) is 0 Å². The number of likely N-dealkylation sites (tertiary alicyclic amines) is 1. The van der Waals surface area contributed by atoms with E-state index >= 15 is 0 Å². The van der Waals surface area contributed by atoms with Crippen molar-refractivity contribution in [2.45, 2.75) is 12.8 Å². The van der Waals surface area contributed by atoms with Crippen LogP contribution in [0, 0.1) is 0 Å². The number of hydrogen-bond donors (Lipinski definition) is 1. The van der Waals surface area contributed by atoms with Gasteiger partial charge >= 0.3 is 6.03 Å². The van der Waals surface area contributed by atoms with Crippen LogP contribution in [-0.2, 0) is 0 Å². The van der Waals surface area contributed by atoms with Crippen LogP contribution < -0.4 is 10.1 Å². The van der Waals surface area contributed by atoms with Gasteiger partial charge in [-0.1, -0.05) is 11.6 Å². The van der Waals surface area contributed by atoms with Crippen molar-refractivity contribution < 1.29 is 14.3 Å². The zero-order valence-electron chi connectivity index (χ0n) is 15.9. The third-order valence-electron chi connectivity index (χ3n) is 4.63. The molecule has 1 saturated heterocycles. The minimum atomic E-state index is -0.238. The first kappa shape index (κ1) is 20.0. The zero-order chi connectivity index (χ0) is 19.9. The summed E-state index contributed by atoms with van der Waals surface area (Å²) in [7, 11) is 1.70. The number of urea groups is 1. The number of nitrogens with one attached hydrogen (secondary N) is 1. The Balaban J connectivity index is 1.45. The molecule has 28 heavy (non-hydrogen) atoms. The fraction of sp³-hybridized carbons (Fsp3) is 0.333. The van der Waals surface area contributed by atoms with Crippen molar-refractivity contribution in [3.05, 3.63) is 59.1 Å². The van der Waals surface area contributed by atoms with E-state index in [1.54, 1.807) is 60.5 Å². The maximum Gasteiger partial charge on any atom is 0.321 e. The van der Waals surface area contributed by atoms with E-state index in [1.165, 1.54) is 0 Å². The topological polar surface area (TPSA) is 61.9 Å². The van der Waals surface area contributed by atoms with E-state index in [2.05, 4.69) is 5.32 Å². The number of amides is 3. The largest absolute Gasteiger partial charge is 0.492 e. The molecule has 0 spiro atoms. The molecule has 2 aromatic rings. The van der Waals surface area contributed by atoms with Gasteiger partial charge in [-0.2, -0.15) is 0 Å². The van der Waals surface area contributed by atoms with Crippen LogP contribution in [0.5, 0.6) is 5.75 Å². The number of nitrogens with zero attached hydrogens (tertiary/aromatic N) is 2. The SMILES string of the molecule is CN(CCOc1ccc(Cl)cc1)C(=O)Nc1ccc(C(=O)N2CCCC2)cc1. The second-order valence-corrected chi connectivity index (χ2v) is 7.17. The molecule has 0 saturated carbocycles. The summed E-state index contributed by atoms with van der Waals surface area (Å²) in [5.74, 6) is 0.753. The molecule has 6 nitrogen and oxygen atoms in total. The predicted octanol–water partition coefficient (Wildman–Crippen LogP) is 4.12. The Morgan fingerprint density at radius 2 is 1.71 bits per heavy atom. The smallest absolute Gasteiger partial charge is 0.321 e. The average Bonchev–Trinajstić information content (AvgIpc) is 3.24. The van der Waals surface area contributed by atoms with Gasteiger partial charge in [0, 0.05) is 36.4 Å². The summed E-state index contributed by atoms with van der Waals surface area (Å²) in [5, 5.41) is 3.47. The number of carbonyl (C=O) groups excluding carboxylic acids is 2. The summed E-state index contributed by atoms with van der Waals surface area (Å²) in [6.45, 7) is 2.44. The Kier molecular flexibility index (Phi) is 6.76. The second kappa shape index (κ2) is 9.46. The van der Waals surface area contributed by atoms with E-state index in [1.807, 2.05) is 4.90 Å². The van der Waals surface area contributed by atoms with Gasteiger partial charge in [0.2, 0.25) is 0 Å². The average molecular weight is 402 g/mol. The Bertz CT molecular complexity index is 803. The molecule has 1 heterocycles. The van der Waals surface area contributed by atoms with Crippen molar-refractivity contribution in [3.8, 4) is 5.75 Å². The molecule has 0 aliphatic carbocycles. The van der Waals surface area contributed by atoms with Crippen molar-refractivity contribution in [2.75, 3.05) is 38.6 Å². The number of hydrogen-bond acceptors (Lipinski definition) is 3. The van der Waals surface area contributed by atoms with Crippen LogP contribution >= 0.6 is 11.6 Å². The van der Waals surface area contributed by atoms with Gasteiger partial charge in [0.05, 0.1) is 6.54 Å². The fourth-order valence-electron chi connectivity index (χ4n) is 2.95. The van der Waals surface area contributed by atoms with E-state index in [-0.39, 0.29) is 11.9 Å². The highest BCUT2D eigenvalue weighted by atomic mass is 35.5.